The zero-order valence-electron chi connectivity index (χ0n) is 7.70. The van der Waals surface area contributed by atoms with Crippen LogP contribution in [0.3, 0.4) is 0 Å². The van der Waals surface area contributed by atoms with Gasteiger partial charge in [0.05, 0.1) is 0 Å². The van der Waals surface area contributed by atoms with Gasteiger partial charge in [-0.05, 0) is 30.1 Å². The Morgan fingerprint density at radius 3 is 2.40 bits per heavy atom. The van der Waals surface area contributed by atoms with Crippen molar-refractivity contribution in [2.45, 2.75) is 47.0 Å². The van der Waals surface area contributed by atoms with E-state index in [1.54, 1.807) is 5.92 Å². The van der Waals surface area contributed by atoms with Crippen LogP contribution in [0.15, 0.2) is 0 Å². The number of hydrogen-bond donors (Lipinski definition) is 0. The largest absolute Gasteiger partial charge is 0.0615 e. The molecule has 0 aromatic heterocycles. The van der Waals surface area contributed by atoms with Crippen molar-refractivity contribution in [3.63, 3.8) is 0 Å². The predicted molar refractivity (Wildman–Crippen MR) is 45.7 cm³/mol. The Hall–Kier alpha value is 0. The van der Waals surface area contributed by atoms with Gasteiger partial charge in [0.25, 0.3) is 0 Å². The molecule has 0 aromatic carbocycles. The molecule has 0 aromatic rings. The molecule has 1 atom stereocenters. The van der Waals surface area contributed by atoms with Gasteiger partial charge in [0.1, 0.15) is 0 Å². The summed E-state index contributed by atoms with van der Waals surface area (Å²) in [6.45, 7) is 9.46. The van der Waals surface area contributed by atoms with Gasteiger partial charge in [0.2, 0.25) is 0 Å². The average Bonchev–Trinajstić information content (AvgIpc) is 1.83. The lowest BCUT2D eigenvalue weighted by Crippen LogP contribution is -2.30. The van der Waals surface area contributed by atoms with Crippen molar-refractivity contribution in [3.05, 3.63) is 5.92 Å². The Labute approximate surface area is 65.0 Å². The molecule has 0 aliphatic heterocycles. The van der Waals surface area contributed by atoms with E-state index in [4.69, 9.17) is 0 Å². The third kappa shape index (κ3) is 1.36. The average molecular weight is 139 g/mol. The quantitative estimate of drug-likeness (QED) is 0.482. The number of hydrogen-bond acceptors (Lipinski definition) is 0. The molecule has 1 fully saturated rings. The third-order valence-electron chi connectivity index (χ3n) is 3.30. The van der Waals surface area contributed by atoms with Crippen LogP contribution in [0.2, 0.25) is 0 Å². The smallest absolute Gasteiger partial charge is 0.0238 e. The minimum absolute atomic E-state index is 0.572. The van der Waals surface area contributed by atoms with Gasteiger partial charge in [0, 0.05) is 0 Å². The first kappa shape index (κ1) is 8.10. The molecule has 1 saturated carbocycles. The monoisotopic (exact) mass is 139 g/mol. The molecule has 0 N–H and O–H groups in total. The summed E-state index contributed by atoms with van der Waals surface area (Å²) < 4.78 is 0. The first-order valence-corrected chi connectivity index (χ1v) is 4.36. The molecule has 1 rings (SSSR count). The van der Waals surface area contributed by atoms with E-state index >= 15 is 0 Å². The topological polar surface area (TPSA) is 0 Å². The summed E-state index contributed by atoms with van der Waals surface area (Å²) in [6, 6.07) is 0. The Morgan fingerprint density at radius 2 is 2.00 bits per heavy atom. The Morgan fingerprint density at radius 1 is 1.40 bits per heavy atom. The molecule has 59 valence electrons. The fraction of sp³-hybridized carbons (Fsp3) is 0.900. The van der Waals surface area contributed by atoms with Gasteiger partial charge < -0.3 is 0 Å². The lowest BCUT2D eigenvalue weighted by Gasteiger charge is -2.40. The molecule has 1 aliphatic rings. The highest BCUT2D eigenvalue weighted by Crippen LogP contribution is 2.44. The van der Waals surface area contributed by atoms with Gasteiger partial charge in [-0.15, -0.1) is 0 Å². The molecule has 0 amide bonds. The second-order valence-electron chi connectivity index (χ2n) is 4.41. The maximum atomic E-state index is 2.39. The maximum absolute atomic E-state index is 2.39. The van der Waals surface area contributed by atoms with Crippen LogP contribution in [0.25, 0.3) is 0 Å². The molecule has 0 heteroatoms. The number of rotatable bonds is 0. The first-order valence-electron chi connectivity index (χ1n) is 4.36. The SMILES string of the molecule is C[C]1CCCC(C)(C)[C@@H]1C. The Balaban J connectivity index is 2.60. The van der Waals surface area contributed by atoms with E-state index < -0.39 is 0 Å². The molecule has 1 radical (unpaired) electrons. The van der Waals surface area contributed by atoms with Crippen LogP contribution in [-0.2, 0) is 0 Å². The van der Waals surface area contributed by atoms with Crippen LogP contribution < -0.4 is 0 Å². The summed E-state index contributed by atoms with van der Waals surface area (Å²) in [5.74, 6) is 2.54. The predicted octanol–water partition coefficient (Wildman–Crippen LogP) is 3.43. The lowest BCUT2D eigenvalue weighted by atomic mass is 9.65. The van der Waals surface area contributed by atoms with Crippen molar-refractivity contribution in [1.82, 2.24) is 0 Å². The second kappa shape index (κ2) is 2.56. The molecule has 0 heterocycles. The van der Waals surface area contributed by atoms with Gasteiger partial charge in [-0.25, -0.2) is 0 Å². The van der Waals surface area contributed by atoms with Crippen LogP contribution in [0.5, 0.6) is 0 Å². The Bertz CT molecular complexity index is 113. The van der Waals surface area contributed by atoms with Crippen molar-refractivity contribution in [3.8, 4) is 0 Å². The maximum Gasteiger partial charge on any atom is -0.0238 e. The van der Waals surface area contributed by atoms with Gasteiger partial charge >= 0.3 is 0 Å². The molecule has 0 saturated heterocycles. The van der Waals surface area contributed by atoms with Gasteiger partial charge in [0.15, 0.2) is 0 Å². The van der Waals surface area contributed by atoms with E-state index in [2.05, 4.69) is 27.7 Å². The fourth-order valence-electron chi connectivity index (χ4n) is 1.92. The molecule has 0 nitrogen and oxygen atoms in total. The highest BCUT2D eigenvalue weighted by molar-refractivity contribution is 5.00. The fourth-order valence-corrected chi connectivity index (χ4v) is 1.92. The molecule has 0 spiro atoms. The minimum atomic E-state index is 0.572. The molecule has 0 bridgehead atoms. The first-order chi connectivity index (χ1) is 4.54. The van der Waals surface area contributed by atoms with Gasteiger partial charge in [-0.1, -0.05) is 34.1 Å². The van der Waals surface area contributed by atoms with E-state index in [0.717, 1.165) is 5.92 Å². The van der Waals surface area contributed by atoms with Crippen molar-refractivity contribution >= 4 is 0 Å². The van der Waals surface area contributed by atoms with Crippen molar-refractivity contribution in [2.24, 2.45) is 11.3 Å². The van der Waals surface area contributed by atoms with E-state index in [9.17, 15) is 0 Å². The van der Waals surface area contributed by atoms with Crippen molar-refractivity contribution < 1.29 is 0 Å². The van der Waals surface area contributed by atoms with Crippen LogP contribution >= 0.6 is 0 Å². The third-order valence-corrected chi connectivity index (χ3v) is 3.30. The minimum Gasteiger partial charge on any atom is -0.0615 e. The second-order valence-corrected chi connectivity index (χ2v) is 4.41. The van der Waals surface area contributed by atoms with Crippen LogP contribution in [0, 0.1) is 17.3 Å². The molecule has 1 aliphatic carbocycles. The van der Waals surface area contributed by atoms with E-state index in [1.807, 2.05) is 0 Å². The zero-order valence-corrected chi connectivity index (χ0v) is 7.70. The van der Waals surface area contributed by atoms with Crippen LogP contribution in [0.4, 0.5) is 0 Å². The highest BCUT2D eigenvalue weighted by Gasteiger charge is 2.33. The summed E-state index contributed by atoms with van der Waals surface area (Å²) in [6.07, 6.45) is 4.18. The molecule has 0 unspecified atom stereocenters. The standard InChI is InChI=1S/C10H19/c1-8-6-5-7-10(3,4)9(8)2/h9H,5-7H2,1-4H3/t9-/m1/s1. The summed E-state index contributed by atoms with van der Waals surface area (Å²) in [7, 11) is 0. The van der Waals surface area contributed by atoms with Gasteiger partial charge in [-0.2, -0.15) is 0 Å². The normalized spacial score (nSPS) is 34.2. The van der Waals surface area contributed by atoms with E-state index in [0.29, 0.717) is 5.41 Å². The molecular formula is C10H19. The lowest BCUT2D eigenvalue weighted by molar-refractivity contribution is 0.177. The van der Waals surface area contributed by atoms with Crippen molar-refractivity contribution in [1.29, 1.82) is 0 Å². The summed E-state index contributed by atoms with van der Waals surface area (Å²) in [5, 5.41) is 0. The Kier molecular flexibility index (Phi) is 2.07. The summed E-state index contributed by atoms with van der Waals surface area (Å²) >= 11 is 0. The van der Waals surface area contributed by atoms with Gasteiger partial charge in [-0.3, -0.25) is 0 Å². The zero-order chi connectivity index (χ0) is 7.78. The summed E-state index contributed by atoms with van der Waals surface area (Å²) in [5.41, 5.74) is 0.572. The molecule has 10 heavy (non-hydrogen) atoms. The van der Waals surface area contributed by atoms with E-state index in [1.165, 1.54) is 19.3 Å². The highest BCUT2D eigenvalue weighted by atomic mass is 14.4. The summed E-state index contributed by atoms with van der Waals surface area (Å²) in [4.78, 5) is 0. The van der Waals surface area contributed by atoms with Crippen LogP contribution in [0.1, 0.15) is 47.0 Å². The van der Waals surface area contributed by atoms with Crippen molar-refractivity contribution in [2.75, 3.05) is 0 Å². The van der Waals surface area contributed by atoms with E-state index in [-0.39, 0.29) is 0 Å². The van der Waals surface area contributed by atoms with Crippen LogP contribution in [-0.4, -0.2) is 0 Å². The molecular weight excluding hydrogens is 120 g/mol.